The van der Waals surface area contributed by atoms with E-state index in [-0.39, 0.29) is 11.4 Å². The molecule has 0 N–H and O–H groups in total. The Morgan fingerprint density at radius 1 is 1.39 bits per heavy atom. The summed E-state index contributed by atoms with van der Waals surface area (Å²) in [5, 5.41) is 0. The second kappa shape index (κ2) is 4.39. The number of benzene rings is 1. The zero-order valence-corrected chi connectivity index (χ0v) is 11.4. The highest BCUT2D eigenvalue weighted by Crippen LogP contribution is 2.37. The van der Waals surface area contributed by atoms with E-state index in [1.165, 1.54) is 0 Å². The molecule has 0 fully saturated rings. The fraction of sp³-hybridized carbons (Fsp3) is 0.533. The quantitative estimate of drug-likeness (QED) is 0.824. The number of ether oxygens (including phenoxy) is 2. The van der Waals surface area contributed by atoms with Gasteiger partial charge in [-0.15, -0.1) is 0 Å². The van der Waals surface area contributed by atoms with Crippen molar-refractivity contribution in [3.05, 3.63) is 29.8 Å². The molecular weight excluding hydrogens is 228 g/mol. The van der Waals surface area contributed by atoms with Crippen LogP contribution < -0.4 is 4.74 Å². The van der Waals surface area contributed by atoms with Crippen molar-refractivity contribution in [3.63, 3.8) is 0 Å². The van der Waals surface area contributed by atoms with Crippen LogP contribution in [0.1, 0.15) is 44.0 Å². The van der Waals surface area contributed by atoms with E-state index >= 15 is 0 Å². The van der Waals surface area contributed by atoms with Gasteiger partial charge in [-0.25, -0.2) is 0 Å². The molecule has 1 aromatic rings. The molecule has 1 aromatic carbocycles. The Bertz CT molecular complexity index is 465. The summed E-state index contributed by atoms with van der Waals surface area (Å²) < 4.78 is 11.5. The molecule has 1 unspecified atom stereocenters. The molecule has 0 saturated carbocycles. The monoisotopic (exact) mass is 248 g/mol. The molecule has 18 heavy (non-hydrogen) atoms. The fourth-order valence-corrected chi connectivity index (χ4v) is 2.59. The van der Waals surface area contributed by atoms with Gasteiger partial charge in [-0.2, -0.15) is 0 Å². The normalized spacial score (nSPS) is 23.4. The van der Waals surface area contributed by atoms with Gasteiger partial charge in [0, 0.05) is 13.5 Å². The lowest BCUT2D eigenvalue weighted by Gasteiger charge is -2.39. The Balaban J connectivity index is 2.27. The van der Waals surface area contributed by atoms with E-state index in [1.807, 2.05) is 45.0 Å². The summed E-state index contributed by atoms with van der Waals surface area (Å²) in [6.45, 7) is 5.99. The van der Waals surface area contributed by atoms with Crippen LogP contribution in [0.25, 0.3) is 0 Å². The molecule has 0 amide bonds. The lowest BCUT2D eigenvalue weighted by molar-refractivity contribution is -0.0501. The number of para-hydroxylation sites is 1. The van der Waals surface area contributed by atoms with E-state index in [1.54, 1.807) is 7.11 Å². The third-order valence-corrected chi connectivity index (χ3v) is 3.43. The molecular formula is C15H20O3. The third kappa shape index (κ3) is 2.56. The maximum atomic E-state index is 12.2. The maximum absolute atomic E-state index is 12.2. The van der Waals surface area contributed by atoms with Crippen molar-refractivity contribution in [1.82, 2.24) is 0 Å². The summed E-state index contributed by atoms with van der Waals surface area (Å²) in [6.07, 6.45) is 1.08. The molecule has 0 bridgehead atoms. The van der Waals surface area contributed by atoms with Crippen LogP contribution in [-0.2, 0) is 4.74 Å². The lowest BCUT2D eigenvalue weighted by atomic mass is 9.83. The standard InChI is InChI=1S/C15H20O3/c1-14(2,17-4)10-15(3)9-12(16)11-7-5-6-8-13(11)18-15/h5-8H,9-10H2,1-4H3. The Labute approximate surface area is 108 Å². The third-order valence-electron chi connectivity index (χ3n) is 3.43. The highest BCUT2D eigenvalue weighted by atomic mass is 16.5. The molecule has 1 aliphatic rings. The molecule has 98 valence electrons. The zero-order valence-electron chi connectivity index (χ0n) is 11.4. The number of ketones is 1. The van der Waals surface area contributed by atoms with Crippen LogP contribution in [-0.4, -0.2) is 24.1 Å². The maximum Gasteiger partial charge on any atom is 0.170 e. The first kappa shape index (κ1) is 13.1. The van der Waals surface area contributed by atoms with Gasteiger partial charge in [-0.05, 0) is 32.9 Å². The van der Waals surface area contributed by atoms with Crippen molar-refractivity contribution < 1.29 is 14.3 Å². The van der Waals surface area contributed by atoms with Gasteiger partial charge in [-0.3, -0.25) is 4.79 Å². The lowest BCUT2D eigenvalue weighted by Crippen LogP contribution is -2.45. The van der Waals surface area contributed by atoms with Crippen LogP contribution in [0.5, 0.6) is 5.75 Å². The first-order chi connectivity index (χ1) is 8.35. The number of rotatable bonds is 3. The van der Waals surface area contributed by atoms with E-state index in [0.717, 1.165) is 0 Å². The number of fused-ring (bicyclic) bond motifs is 1. The van der Waals surface area contributed by atoms with E-state index < -0.39 is 5.60 Å². The van der Waals surface area contributed by atoms with Gasteiger partial charge in [0.1, 0.15) is 11.4 Å². The molecule has 1 heterocycles. The molecule has 0 aliphatic carbocycles. The summed E-state index contributed by atoms with van der Waals surface area (Å²) in [5.41, 5.74) is -0.114. The smallest absolute Gasteiger partial charge is 0.170 e. The van der Waals surface area contributed by atoms with Crippen LogP contribution in [0.15, 0.2) is 24.3 Å². The van der Waals surface area contributed by atoms with Crippen molar-refractivity contribution in [2.75, 3.05) is 7.11 Å². The van der Waals surface area contributed by atoms with Crippen LogP contribution in [0, 0.1) is 0 Å². The predicted octanol–water partition coefficient (Wildman–Crippen LogP) is 3.23. The van der Waals surface area contributed by atoms with Crippen molar-refractivity contribution in [3.8, 4) is 5.75 Å². The van der Waals surface area contributed by atoms with Crippen molar-refractivity contribution >= 4 is 5.78 Å². The summed E-state index contributed by atoms with van der Waals surface area (Å²) >= 11 is 0. The van der Waals surface area contributed by atoms with E-state index in [9.17, 15) is 4.79 Å². The van der Waals surface area contributed by atoms with Crippen molar-refractivity contribution in [1.29, 1.82) is 0 Å². The largest absolute Gasteiger partial charge is 0.486 e. The molecule has 1 aliphatic heterocycles. The Hall–Kier alpha value is -1.35. The number of hydrogen-bond donors (Lipinski definition) is 0. The van der Waals surface area contributed by atoms with Gasteiger partial charge < -0.3 is 9.47 Å². The molecule has 0 aromatic heterocycles. The highest BCUT2D eigenvalue weighted by Gasteiger charge is 2.40. The van der Waals surface area contributed by atoms with Crippen LogP contribution in [0.4, 0.5) is 0 Å². The molecule has 2 rings (SSSR count). The van der Waals surface area contributed by atoms with Crippen LogP contribution >= 0.6 is 0 Å². The number of carbonyl (C=O) groups is 1. The number of carbonyl (C=O) groups excluding carboxylic acids is 1. The molecule has 3 nitrogen and oxygen atoms in total. The average molecular weight is 248 g/mol. The summed E-state index contributed by atoms with van der Waals surface area (Å²) in [6, 6.07) is 7.42. The minimum absolute atomic E-state index is 0.145. The number of methoxy groups -OCH3 is 1. The predicted molar refractivity (Wildman–Crippen MR) is 70.1 cm³/mol. The molecule has 0 saturated heterocycles. The number of hydrogen-bond acceptors (Lipinski definition) is 3. The van der Waals surface area contributed by atoms with E-state index in [2.05, 4.69) is 0 Å². The van der Waals surface area contributed by atoms with Gasteiger partial charge >= 0.3 is 0 Å². The van der Waals surface area contributed by atoms with Gasteiger partial charge in [0.15, 0.2) is 5.78 Å². The van der Waals surface area contributed by atoms with E-state index in [0.29, 0.717) is 24.2 Å². The van der Waals surface area contributed by atoms with Crippen LogP contribution in [0.2, 0.25) is 0 Å². The summed E-state index contributed by atoms with van der Waals surface area (Å²) in [7, 11) is 1.68. The van der Waals surface area contributed by atoms with Crippen molar-refractivity contribution in [2.45, 2.75) is 44.8 Å². The minimum Gasteiger partial charge on any atom is -0.486 e. The minimum atomic E-state index is -0.495. The second-order valence-corrected chi connectivity index (χ2v) is 5.79. The van der Waals surface area contributed by atoms with Gasteiger partial charge in [-0.1, -0.05) is 12.1 Å². The Morgan fingerprint density at radius 3 is 2.72 bits per heavy atom. The highest BCUT2D eigenvalue weighted by molar-refractivity contribution is 6.00. The first-order valence-electron chi connectivity index (χ1n) is 6.22. The second-order valence-electron chi connectivity index (χ2n) is 5.79. The van der Waals surface area contributed by atoms with Gasteiger partial charge in [0.25, 0.3) is 0 Å². The fourth-order valence-electron chi connectivity index (χ4n) is 2.59. The SMILES string of the molecule is COC(C)(C)CC1(C)CC(=O)c2ccccc2O1. The first-order valence-corrected chi connectivity index (χ1v) is 6.22. The van der Waals surface area contributed by atoms with Crippen molar-refractivity contribution in [2.24, 2.45) is 0 Å². The van der Waals surface area contributed by atoms with Gasteiger partial charge in [0.2, 0.25) is 0 Å². The molecule has 0 spiro atoms. The molecule has 1 atom stereocenters. The molecule has 3 heteroatoms. The topological polar surface area (TPSA) is 35.5 Å². The Morgan fingerprint density at radius 2 is 2.06 bits per heavy atom. The van der Waals surface area contributed by atoms with Crippen LogP contribution in [0.3, 0.4) is 0 Å². The summed E-state index contributed by atoms with van der Waals surface area (Å²) in [4.78, 5) is 12.2. The van der Waals surface area contributed by atoms with E-state index in [4.69, 9.17) is 9.47 Å². The molecule has 0 radical (unpaired) electrons. The summed E-state index contributed by atoms with van der Waals surface area (Å²) in [5.74, 6) is 0.828. The van der Waals surface area contributed by atoms with Gasteiger partial charge in [0.05, 0.1) is 17.6 Å². The Kier molecular flexibility index (Phi) is 3.20. The number of Topliss-reactive ketones (excluding diaryl/α,β-unsaturated/α-hetero) is 1. The zero-order chi connectivity index (χ0) is 13.4. The average Bonchev–Trinajstić information content (AvgIpc) is 2.27.